The second-order valence-electron chi connectivity index (χ2n) is 4.12. The first kappa shape index (κ1) is 11.8. The topological polar surface area (TPSA) is 40.5 Å². The highest BCUT2D eigenvalue weighted by Gasteiger charge is 2.40. The summed E-state index contributed by atoms with van der Waals surface area (Å²) in [7, 11) is 0. The standard InChI is InChI=1S/C12H13F2NO2/c13-12(14,11(16)17)9-3-5-10(6-4-9)15-7-1-2-8-15/h3-6H,1-2,7-8H2,(H,16,17). The van der Waals surface area contributed by atoms with Crippen LogP contribution in [0.4, 0.5) is 14.5 Å². The summed E-state index contributed by atoms with van der Waals surface area (Å²) in [6.45, 7) is 1.85. The van der Waals surface area contributed by atoms with Gasteiger partial charge in [0.05, 0.1) is 0 Å². The molecule has 92 valence electrons. The second-order valence-corrected chi connectivity index (χ2v) is 4.12. The molecule has 0 unspecified atom stereocenters. The Hall–Kier alpha value is -1.65. The van der Waals surface area contributed by atoms with Crippen molar-refractivity contribution >= 4 is 11.7 Å². The summed E-state index contributed by atoms with van der Waals surface area (Å²) < 4.78 is 26.3. The number of carboxylic acid groups (broad SMARTS) is 1. The Kier molecular flexibility index (Phi) is 3.00. The summed E-state index contributed by atoms with van der Waals surface area (Å²) in [5.41, 5.74) is 0.389. The van der Waals surface area contributed by atoms with E-state index in [1.165, 1.54) is 12.1 Å². The molecule has 1 aromatic rings. The first-order valence-corrected chi connectivity index (χ1v) is 5.48. The first-order chi connectivity index (χ1) is 8.01. The summed E-state index contributed by atoms with van der Waals surface area (Å²) >= 11 is 0. The van der Waals surface area contributed by atoms with Gasteiger partial charge in [0.15, 0.2) is 0 Å². The van der Waals surface area contributed by atoms with E-state index in [1.54, 1.807) is 12.1 Å². The maximum absolute atomic E-state index is 13.2. The van der Waals surface area contributed by atoms with Gasteiger partial charge < -0.3 is 10.0 Å². The van der Waals surface area contributed by atoms with Crippen LogP contribution in [0.5, 0.6) is 0 Å². The van der Waals surface area contributed by atoms with E-state index in [9.17, 15) is 13.6 Å². The van der Waals surface area contributed by atoms with Crippen LogP contribution in [0.25, 0.3) is 0 Å². The van der Waals surface area contributed by atoms with E-state index >= 15 is 0 Å². The van der Waals surface area contributed by atoms with Crippen LogP contribution >= 0.6 is 0 Å². The van der Waals surface area contributed by atoms with Gasteiger partial charge in [0.1, 0.15) is 0 Å². The van der Waals surface area contributed by atoms with Crippen molar-refractivity contribution in [1.82, 2.24) is 0 Å². The van der Waals surface area contributed by atoms with Gasteiger partial charge in [0.25, 0.3) is 0 Å². The summed E-state index contributed by atoms with van der Waals surface area (Å²) in [6, 6.07) is 5.47. The maximum Gasteiger partial charge on any atom is 0.379 e. The monoisotopic (exact) mass is 241 g/mol. The molecule has 1 aliphatic heterocycles. The molecule has 1 fully saturated rings. The third kappa shape index (κ3) is 2.23. The van der Waals surface area contributed by atoms with Crippen LogP contribution in [-0.2, 0) is 10.7 Å². The Labute approximate surface area is 97.7 Å². The highest BCUT2D eigenvalue weighted by Crippen LogP contribution is 2.30. The maximum atomic E-state index is 13.2. The smallest absolute Gasteiger partial charge is 0.379 e. The minimum Gasteiger partial charge on any atom is -0.477 e. The number of halogens is 2. The molecule has 0 aromatic heterocycles. The fourth-order valence-corrected chi connectivity index (χ4v) is 1.98. The van der Waals surface area contributed by atoms with Gasteiger partial charge in [-0.2, -0.15) is 8.78 Å². The second kappa shape index (κ2) is 4.31. The van der Waals surface area contributed by atoms with Gasteiger partial charge in [0, 0.05) is 24.3 Å². The van der Waals surface area contributed by atoms with Crippen molar-refractivity contribution in [3.05, 3.63) is 29.8 Å². The van der Waals surface area contributed by atoms with Gasteiger partial charge in [0.2, 0.25) is 0 Å². The molecule has 0 saturated carbocycles. The number of anilines is 1. The molecule has 1 N–H and O–H groups in total. The number of carboxylic acids is 1. The van der Waals surface area contributed by atoms with Crippen molar-refractivity contribution in [3.8, 4) is 0 Å². The molecular formula is C12H13F2NO2. The highest BCUT2D eigenvalue weighted by molar-refractivity contribution is 5.77. The lowest BCUT2D eigenvalue weighted by molar-refractivity contribution is -0.166. The van der Waals surface area contributed by atoms with Crippen molar-refractivity contribution < 1.29 is 18.7 Å². The van der Waals surface area contributed by atoms with Crippen molar-refractivity contribution in [1.29, 1.82) is 0 Å². The minimum atomic E-state index is -3.82. The number of hydrogen-bond acceptors (Lipinski definition) is 2. The van der Waals surface area contributed by atoms with E-state index in [-0.39, 0.29) is 0 Å². The summed E-state index contributed by atoms with van der Waals surface area (Å²) in [4.78, 5) is 12.5. The van der Waals surface area contributed by atoms with Crippen LogP contribution in [-0.4, -0.2) is 24.2 Å². The molecule has 0 spiro atoms. The zero-order valence-corrected chi connectivity index (χ0v) is 9.20. The molecule has 1 heterocycles. The van der Waals surface area contributed by atoms with Gasteiger partial charge in [-0.3, -0.25) is 0 Å². The van der Waals surface area contributed by atoms with Crippen molar-refractivity contribution in [3.63, 3.8) is 0 Å². The molecule has 0 atom stereocenters. The quantitative estimate of drug-likeness (QED) is 0.883. The number of alkyl halides is 2. The first-order valence-electron chi connectivity index (χ1n) is 5.48. The van der Waals surface area contributed by atoms with Gasteiger partial charge >= 0.3 is 11.9 Å². The average molecular weight is 241 g/mol. The largest absolute Gasteiger partial charge is 0.477 e. The van der Waals surface area contributed by atoms with Gasteiger partial charge in [-0.05, 0) is 25.0 Å². The van der Waals surface area contributed by atoms with Crippen LogP contribution in [0.2, 0.25) is 0 Å². The van der Waals surface area contributed by atoms with E-state index in [2.05, 4.69) is 4.90 Å². The van der Waals surface area contributed by atoms with Gasteiger partial charge in [-0.1, -0.05) is 12.1 Å². The van der Waals surface area contributed by atoms with Crippen LogP contribution < -0.4 is 4.90 Å². The minimum absolute atomic E-state index is 0.479. The molecule has 1 saturated heterocycles. The molecule has 0 bridgehead atoms. The predicted octanol–water partition coefficient (Wildman–Crippen LogP) is 2.46. The SMILES string of the molecule is O=C(O)C(F)(F)c1ccc(N2CCCC2)cc1. The Morgan fingerprint density at radius 2 is 1.71 bits per heavy atom. The summed E-state index contributed by atoms with van der Waals surface area (Å²) in [5, 5.41) is 8.42. The van der Waals surface area contributed by atoms with E-state index in [0.717, 1.165) is 31.6 Å². The number of nitrogens with zero attached hydrogens (tertiary/aromatic N) is 1. The Morgan fingerprint density at radius 1 is 1.18 bits per heavy atom. The normalized spacial score (nSPS) is 16.2. The van der Waals surface area contributed by atoms with E-state index in [1.807, 2.05) is 0 Å². The predicted molar refractivity (Wildman–Crippen MR) is 59.4 cm³/mol. The molecule has 17 heavy (non-hydrogen) atoms. The fourth-order valence-electron chi connectivity index (χ4n) is 1.98. The molecule has 0 aliphatic carbocycles. The lowest BCUT2D eigenvalue weighted by atomic mass is 10.1. The molecule has 0 radical (unpaired) electrons. The van der Waals surface area contributed by atoms with Crippen LogP contribution in [0.3, 0.4) is 0 Å². The number of carbonyl (C=O) groups is 1. The van der Waals surface area contributed by atoms with Gasteiger partial charge in [-0.15, -0.1) is 0 Å². The third-order valence-electron chi connectivity index (χ3n) is 2.97. The third-order valence-corrected chi connectivity index (χ3v) is 2.97. The number of aliphatic carboxylic acids is 1. The summed E-state index contributed by atoms with van der Waals surface area (Å²) in [6.07, 6.45) is 2.21. The van der Waals surface area contributed by atoms with Crippen LogP contribution in [0.15, 0.2) is 24.3 Å². The van der Waals surface area contributed by atoms with E-state index in [0.29, 0.717) is 0 Å². The van der Waals surface area contributed by atoms with E-state index < -0.39 is 17.5 Å². The molecular weight excluding hydrogens is 228 g/mol. The van der Waals surface area contributed by atoms with Crippen molar-refractivity contribution in [2.75, 3.05) is 18.0 Å². The highest BCUT2D eigenvalue weighted by atomic mass is 19.3. The Balaban J connectivity index is 2.20. The number of rotatable bonds is 3. The van der Waals surface area contributed by atoms with Gasteiger partial charge in [-0.25, -0.2) is 4.79 Å². The van der Waals surface area contributed by atoms with Crippen LogP contribution in [0, 0.1) is 0 Å². The zero-order valence-electron chi connectivity index (χ0n) is 9.20. The number of benzene rings is 1. The lowest BCUT2D eigenvalue weighted by Crippen LogP contribution is -2.25. The molecule has 0 amide bonds. The van der Waals surface area contributed by atoms with Crippen molar-refractivity contribution in [2.45, 2.75) is 18.8 Å². The van der Waals surface area contributed by atoms with Crippen molar-refractivity contribution in [2.24, 2.45) is 0 Å². The molecule has 2 rings (SSSR count). The lowest BCUT2D eigenvalue weighted by Gasteiger charge is -2.18. The Morgan fingerprint density at radius 3 is 2.18 bits per heavy atom. The fraction of sp³-hybridized carbons (Fsp3) is 0.417. The molecule has 1 aromatic carbocycles. The molecule has 3 nitrogen and oxygen atoms in total. The summed E-state index contributed by atoms with van der Waals surface area (Å²) in [5.74, 6) is -5.93. The Bertz CT molecular complexity index is 411. The molecule has 1 aliphatic rings. The zero-order chi connectivity index (χ0) is 12.5. The number of hydrogen-bond donors (Lipinski definition) is 1. The average Bonchev–Trinajstić information content (AvgIpc) is 2.82. The van der Waals surface area contributed by atoms with E-state index in [4.69, 9.17) is 5.11 Å². The molecule has 5 heteroatoms. The van der Waals surface area contributed by atoms with Crippen LogP contribution in [0.1, 0.15) is 18.4 Å².